The van der Waals surface area contributed by atoms with Gasteiger partial charge in [0, 0.05) is 5.56 Å². The van der Waals surface area contributed by atoms with Crippen LogP contribution in [-0.4, -0.2) is 11.1 Å². The third-order valence-electron chi connectivity index (χ3n) is 2.98. The fourth-order valence-corrected chi connectivity index (χ4v) is 2.05. The first-order valence-corrected chi connectivity index (χ1v) is 6.38. The molecule has 0 unspecified atom stereocenters. The van der Waals surface area contributed by atoms with Gasteiger partial charge in [-0.2, -0.15) is 0 Å². The second-order valence-electron chi connectivity index (χ2n) is 4.41. The number of benzene rings is 2. The van der Waals surface area contributed by atoms with Gasteiger partial charge in [-0.1, -0.05) is 30.3 Å². The first-order valence-electron chi connectivity index (χ1n) is 6.38. The van der Waals surface area contributed by atoms with Crippen molar-refractivity contribution < 1.29 is 19.1 Å². The SMILES string of the molecule is O=C(O)c1occc1-c1cccc(Oc2ccccc2)c1. The number of para-hydroxylation sites is 1. The van der Waals surface area contributed by atoms with E-state index < -0.39 is 5.97 Å². The second-order valence-corrected chi connectivity index (χ2v) is 4.41. The van der Waals surface area contributed by atoms with Crippen LogP contribution in [0.2, 0.25) is 0 Å². The molecule has 1 aromatic heterocycles. The van der Waals surface area contributed by atoms with Gasteiger partial charge in [-0.25, -0.2) is 4.79 Å². The van der Waals surface area contributed by atoms with Crippen LogP contribution in [-0.2, 0) is 0 Å². The molecule has 0 spiro atoms. The largest absolute Gasteiger partial charge is 0.475 e. The van der Waals surface area contributed by atoms with Crippen LogP contribution >= 0.6 is 0 Å². The fourth-order valence-electron chi connectivity index (χ4n) is 2.05. The molecule has 3 rings (SSSR count). The van der Waals surface area contributed by atoms with E-state index in [1.165, 1.54) is 6.26 Å². The van der Waals surface area contributed by atoms with Gasteiger partial charge in [0.2, 0.25) is 5.76 Å². The van der Waals surface area contributed by atoms with Gasteiger partial charge < -0.3 is 14.3 Å². The quantitative estimate of drug-likeness (QED) is 0.767. The third-order valence-corrected chi connectivity index (χ3v) is 2.98. The summed E-state index contributed by atoms with van der Waals surface area (Å²) in [5.41, 5.74) is 1.26. The molecule has 0 aliphatic carbocycles. The van der Waals surface area contributed by atoms with Crippen molar-refractivity contribution in [1.82, 2.24) is 0 Å². The Morgan fingerprint density at radius 1 is 0.952 bits per heavy atom. The van der Waals surface area contributed by atoms with E-state index in [1.54, 1.807) is 12.1 Å². The van der Waals surface area contributed by atoms with E-state index >= 15 is 0 Å². The molecule has 1 heterocycles. The van der Waals surface area contributed by atoms with Crippen LogP contribution in [0.3, 0.4) is 0 Å². The van der Waals surface area contributed by atoms with Gasteiger partial charge >= 0.3 is 5.97 Å². The van der Waals surface area contributed by atoms with Crippen molar-refractivity contribution >= 4 is 5.97 Å². The summed E-state index contributed by atoms with van der Waals surface area (Å²) in [4.78, 5) is 11.1. The Kier molecular flexibility index (Phi) is 3.43. The van der Waals surface area contributed by atoms with E-state index in [-0.39, 0.29) is 5.76 Å². The van der Waals surface area contributed by atoms with E-state index in [4.69, 9.17) is 14.3 Å². The molecule has 3 aromatic rings. The summed E-state index contributed by atoms with van der Waals surface area (Å²) < 4.78 is 10.7. The van der Waals surface area contributed by atoms with Gasteiger partial charge in [-0.3, -0.25) is 0 Å². The maximum atomic E-state index is 11.1. The average Bonchev–Trinajstić information content (AvgIpc) is 2.98. The van der Waals surface area contributed by atoms with Crippen LogP contribution in [0.25, 0.3) is 11.1 Å². The number of hydrogen-bond donors (Lipinski definition) is 1. The molecule has 104 valence electrons. The molecule has 0 saturated heterocycles. The van der Waals surface area contributed by atoms with Crippen LogP contribution in [0, 0.1) is 0 Å². The minimum Gasteiger partial charge on any atom is -0.475 e. The molecule has 2 aromatic carbocycles. The highest BCUT2D eigenvalue weighted by atomic mass is 16.5. The van der Waals surface area contributed by atoms with Crippen LogP contribution in [0.4, 0.5) is 0 Å². The summed E-state index contributed by atoms with van der Waals surface area (Å²) >= 11 is 0. The number of rotatable bonds is 4. The van der Waals surface area contributed by atoms with E-state index in [1.807, 2.05) is 48.5 Å². The number of ether oxygens (including phenoxy) is 1. The van der Waals surface area contributed by atoms with Crippen molar-refractivity contribution in [2.75, 3.05) is 0 Å². The van der Waals surface area contributed by atoms with Gasteiger partial charge in [0.25, 0.3) is 0 Å². The first kappa shape index (κ1) is 13.0. The van der Waals surface area contributed by atoms with Gasteiger partial charge in [-0.05, 0) is 35.9 Å². The standard InChI is InChI=1S/C17H12O4/c18-17(19)16-15(9-10-20-16)12-5-4-8-14(11-12)21-13-6-2-1-3-7-13/h1-11H,(H,18,19). The maximum absolute atomic E-state index is 11.1. The molecule has 4 heteroatoms. The Labute approximate surface area is 121 Å². The van der Waals surface area contributed by atoms with Crippen molar-refractivity contribution in [3.05, 3.63) is 72.7 Å². The van der Waals surface area contributed by atoms with E-state index in [0.29, 0.717) is 11.3 Å². The lowest BCUT2D eigenvalue weighted by Crippen LogP contribution is -1.95. The molecule has 0 aliphatic heterocycles. The van der Waals surface area contributed by atoms with Crippen LogP contribution < -0.4 is 4.74 Å². The molecule has 0 amide bonds. The number of carboxylic acids is 1. The summed E-state index contributed by atoms with van der Waals surface area (Å²) in [6.45, 7) is 0. The molecule has 1 N–H and O–H groups in total. The van der Waals surface area contributed by atoms with E-state index in [9.17, 15) is 4.79 Å². The minimum atomic E-state index is -1.09. The highest BCUT2D eigenvalue weighted by Crippen LogP contribution is 2.30. The number of carbonyl (C=O) groups is 1. The molecule has 0 aliphatic rings. The zero-order chi connectivity index (χ0) is 14.7. The number of furan rings is 1. The van der Waals surface area contributed by atoms with Gasteiger partial charge in [0.05, 0.1) is 6.26 Å². The van der Waals surface area contributed by atoms with Crippen molar-refractivity contribution in [1.29, 1.82) is 0 Å². The Bertz CT molecular complexity index is 759. The highest BCUT2D eigenvalue weighted by Gasteiger charge is 2.15. The van der Waals surface area contributed by atoms with Crippen LogP contribution in [0.1, 0.15) is 10.6 Å². The summed E-state index contributed by atoms with van der Waals surface area (Å²) in [6, 6.07) is 18.2. The van der Waals surface area contributed by atoms with Crippen LogP contribution in [0.15, 0.2) is 71.3 Å². The number of aromatic carboxylic acids is 1. The molecule has 0 saturated carbocycles. The normalized spacial score (nSPS) is 10.3. The van der Waals surface area contributed by atoms with Crippen molar-refractivity contribution in [2.45, 2.75) is 0 Å². The van der Waals surface area contributed by atoms with Gasteiger partial charge in [0.1, 0.15) is 11.5 Å². The zero-order valence-electron chi connectivity index (χ0n) is 11.0. The predicted molar refractivity (Wildman–Crippen MR) is 77.6 cm³/mol. The Hall–Kier alpha value is -3.01. The van der Waals surface area contributed by atoms with Gasteiger partial charge in [0.15, 0.2) is 0 Å². The van der Waals surface area contributed by atoms with Crippen molar-refractivity contribution in [2.24, 2.45) is 0 Å². The monoisotopic (exact) mass is 280 g/mol. The van der Waals surface area contributed by atoms with E-state index in [0.717, 1.165) is 11.3 Å². The van der Waals surface area contributed by atoms with Gasteiger partial charge in [-0.15, -0.1) is 0 Å². The Morgan fingerprint density at radius 2 is 1.71 bits per heavy atom. The summed E-state index contributed by atoms with van der Waals surface area (Å²) in [5.74, 6) is 0.188. The second kappa shape index (κ2) is 5.54. The van der Waals surface area contributed by atoms with Crippen LogP contribution in [0.5, 0.6) is 11.5 Å². The topological polar surface area (TPSA) is 59.7 Å². The summed E-state index contributed by atoms with van der Waals surface area (Å²) in [6.07, 6.45) is 1.36. The molecule has 0 bridgehead atoms. The lowest BCUT2D eigenvalue weighted by Gasteiger charge is -2.07. The molecule has 4 nitrogen and oxygen atoms in total. The lowest BCUT2D eigenvalue weighted by molar-refractivity contribution is 0.0663. The highest BCUT2D eigenvalue weighted by molar-refractivity contribution is 5.93. The smallest absolute Gasteiger partial charge is 0.372 e. The molecular weight excluding hydrogens is 268 g/mol. The summed E-state index contributed by atoms with van der Waals surface area (Å²) in [5, 5.41) is 9.10. The minimum absolute atomic E-state index is 0.0770. The molecule has 0 fully saturated rings. The van der Waals surface area contributed by atoms with Crippen molar-refractivity contribution in [3.63, 3.8) is 0 Å². The Morgan fingerprint density at radius 3 is 2.48 bits per heavy atom. The fraction of sp³-hybridized carbons (Fsp3) is 0. The lowest BCUT2D eigenvalue weighted by atomic mass is 10.1. The average molecular weight is 280 g/mol. The molecular formula is C17H12O4. The van der Waals surface area contributed by atoms with Crippen molar-refractivity contribution in [3.8, 4) is 22.6 Å². The zero-order valence-corrected chi connectivity index (χ0v) is 11.0. The number of hydrogen-bond acceptors (Lipinski definition) is 3. The molecule has 21 heavy (non-hydrogen) atoms. The predicted octanol–water partition coefficient (Wildman–Crippen LogP) is 4.44. The maximum Gasteiger partial charge on any atom is 0.372 e. The first-order chi connectivity index (χ1) is 10.2. The third kappa shape index (κ3) is 2.79. The Balaban J connectivity index is 1.93. The number of carboxylic acid groups (broad SMARTS) is 1. The molecule has 0 radical (unpaired) electrons. The van der Waals surface area contributed by atoms with E-state index in [2.05, 4.69) is 0 Å². The molecule has 0 atom stereocenters. The summed E-state index contributed by atoms with van der Waals surface area (Å²) in [7, 11) is 0.